The SMILES string of the molecule is CCN(C(C)CN(C)C)C(CN)C1CCC(C)CC1. The van der Waals surface area contributed by atoms with Crippen molar-refractivity contribution in [1.82, 2.24) is 9.80 Å². The monoisotopic (exact) mass is 269 g/mol. The molecule has 2 unspecified atom stereocenters. The molecule has 0 aromatic carbocycles. The minimum atomic E-state index is 0.576. The van der Waals surface area contributed by atoms with Gasteiger partial charge >= 0.3 is 0 Å². The van der Waals surface area contributed by atoms with Crippen LogP contribution in [0.3, 0.4) is 0 Å². The van der Waals surface area contributed by atoms with E-state index in [1.807, 2.05) is 0 Å². The van der Waals surface area contributed by atoms with Crippen LogP contribution in [-0.2, 0) is 0 Å². The van der Waals surface area contributed by atoms with Crippen molar-refractivity contribution in [2.45, 2.75) is 58.5 Å². The first-order chi connectivity index (χ1) is 8.99. The van der Waals surface area contributed by atoms with E-state index in [0.717, 1.165) is 31.5 Å². The van der Waals surface area contributed by atoms with Gasteiger partial charge in [-0.15, -0.1) is 0 Å². The number of nitrogens with two attached hydrogens (primary N) is 1. The predicted molar refractivity (Wildman–Crippen MR) is 84.4 cm³/mol. The van der Waals surface area contributed by atoms with Gasteiger partial charge in [0.2, 0.25) is 0 Å². The van der Waals surface area contributed by atoms with Gasteiger partial charge in [0, 0.05) is 25.2 Å². The van der Waals surface area contributed by atoms with Crippen LogP contribution in [0.5, 0.6) is 0 Å². The Balaban J connectivity index is 2.64. The van der Waals surface area contributed by atoms with E-state index in [4.69, 9.17) is 5.73 Å². The maximum absolute atomic E-state index is 6.13. The molecule has 0 saturated heterocycles. The zero-order valence-corrected chi connectivity index (χ0v) is 13.7. The number of nitrogens with zero attached hydrogens (tertiary/aromatic N) is 2. The lowest BCUT2D eigenvalue weighted by molar-refractivity contribution is 0.0723. The van der Waals surface area contributed by atoms with Gasteiger partial charge in [-0.1, -0.05) is 26.7 Å². The summed E-state index contributed by atoms with van der Waals surface area (Å²) >= 11 is 0. The van der Waals surface area contributed by atoms with Crippen LogP contribution in [0.2, 0.25) is 0 Å². The topological polar surface area (TPSA) is 32.5 Å². The van der Waals surface area contributed by atoms with E-state index in [-0.39, 0.29) is 0 Å². The molecule has 0 aromatic rings. The fourth-order valence-corrected chi connectivity index (χ4v) is 3.78. The molecular formula is C16H35N3. The molecule has 19 heavy (non-hydrogen) atoms. The highest BCUT2D eigenvalue weighted by Gasteiger charge is 2.31. The lowest BCUT2D eigenvalue weighted by atomic mass is 9.78. The fraction of sp³-hybridized carbons (Fsp3) is 1.00. The van der Waals surface area contributed by atoms with Crippen LogP contribution in [0, 0.1) is 11.8 Å². The van der Waals surface area contributed by atoms with Gasteiger partial charge < -0.3 is 10.6 Å². The quantitative estimate of drug-likeness (QED) is 0.770. The molecule has 1 saturated carbocycles. The Bertz CT molecular complexity index is 234. The van der Waals surface area contributed by atoms with E-state index in [1.165, 1.54) is 25.7 Å². The summed E-state index contributed by atoms with van der Waals surface area (Å²) < 4.78 is 0. The summed E-state index contributed by atoms with van der Waals surface area (Å²) in [5, 5.41) is 0. The van der Waals surface area contributed by atoms with Crippen molar-refractivity contribution in [2.75, 3.05) is 33.7 Å². The average molecular weight is 269 g/mol. The van der Waals surface area contributed by atoms with Crippen molar-refractivity contribution in [1.29, 1.82) is 0 Å². The molecule has 1 fully saturated rings. The first-order valence-corrected chi connectivity index (χ1v) is 8.10. The molecule has 114 valence electrons. The molecule has 1 rings (SSSR count). The Morgan fingerprint density at radius 2 is 1.74 bits per heavy atom. The van der Waals surface area contributed by atoms with Crippen molar-refractivity contribution >= 4 is 0 Å². The molecule has 2 atom stereocenters. The first-order valence-electron chi connectivity index (χ1n) is 8.10. The van der Waals surface area contributed by atoms with Crippen LogP contribution >= 0.6 is 0 Å². The third-order valence-electron chi connectivity index (χ3n) is 4.83. The Morgan fingerprint density at radius 1 is 1.16 bits per heavy atom. The largest absolute Gasteiger partial charge is 0.329 e. The highest BCUT2D eigenvalue weighted by atomic mass is 15.2. The van der Waals surface area contributed by atoms with Gasteiger partial charge in [-0.3, -0.25) is 4.90 Å². The van der Waals surface area contributed by atoms with Gasteiger partial charge in [0.25, 0.3) is 0 Å². The summed E-state index contributed by atoms with van der Waals surface area (Å²) in [5.74, 6) is 1.73. The maximum atomic E-state index is 6.13. The van der Waals surface area contributed by atoms with Crippen molar-refractivity contribution in [3.05, 3.63) is 0 Å². The highest BCUT2D eigenvalue weighted by Crippen LogP contribution is 2.32. The van der Waals surface area contributed by atoms with E-state index in [1.54, 1.807) is 0 Å². The second kappa shape index (κ2) is 8.23. The molecule has 0 aromatic heterocycles. The lowest BCUT2D eigenvalue weighted by Crippen LogP contribution is -2.52. The average Bonchev–Trinajstić information content (AvgIpc) is 2.36. The zero-order chi connectivity index (χ0) is 14.4. The standard InChI is InChI=1S/C16H35N3/c1-6-19(14(3)12-18(4)5)16(11-17)15-9-7-13(2)8-10-15/h13-16H,6-12,17H2,1-5H3. The van der Waals surface area contributed by atoms with Crippen molar-refractivity contribution < 1.29 is 0 Å². The summed E-state index contributed by atoms with van der Waals surface area (Å²) in [4.78, 5) is 4.92. The van der Waals surface area contributed by atoms with Crippen LogP contribution in [-0.4, -0.2) is 55.6 Å². The predicted octanol–water partition coefficient (Wildman–Crippen LogP) is 2.41. The molecule has 0 radical (unpaired) electrons. The van der Waals surface area contributed by atoms with Gasteiger partial charge in [0.05, 0.1) is 0 Å². The molecule has 3 nitrogen and oxygen atoms in total. The summed E-state index contributed by atoms with van der Waals surface area (Å²) in [6.07, 6.45) is 5.52. The third kappa shape index (κ3) is 5.05. The third-order valence-corrected chi connectivity index (χ3v) is 4.83. The normalized spacial score (nSPS) is 27.8. The van der Waals surface area contributed by atoms with E-state index in [9.17, 15) is 0 Å². The van der Waals surface area contributed by atoms with Crippen LogP contribution in [0.15, 0.2) is 0 Å². The molecule has 3 heteroatoms. The molecule has 2 N–H and O–H groups in total. The summed E-state index contributed by atoms with van der Waals surface area (Å²) in [5.41, 5.74) is 6.13. The number of hydrogen-bond donors (Lipinski definition) is 1. The highest BCUT2D eigenvalue weighted by molar-refractivity contribution is 4.86. The van der Waals surface area contributed by atoms with Crippen molar-refractivity contribution in [2.24, 2.45) is 17.6 Å². The molecule has 1 aliphatic carbocycles. The second-order valence-corrected chi connectivity index (χ2v) is 6.76. The van der Waals surface area contributed by atoms with Crippen LogP contribution in [0.4, 0.5) is 0 Å². The van der Waals surface area contributed by atoms with Crippen LogP contribution < -0.4 is 5.73 Å². The number of likely N-dealkylation sites (N-methyl/N-ethyl adjacent to an activating group) is 2. The van der Waals surface area contributed by atoms with E-state index in [2.05, 4.69) is 44.7 Å². The zero-order valence-electron chi connectivity index (χ0n) is 13.7. The van der Waals surface area contributed by atoms with Gasteiger partial charge in [0.15, 0.2) is 0 Å². The molecule has 1 aliphatic rings. The smallest absolute Gasteiger partial charge is 0.0249 e. The minimum absolute atomic E-state index is 0.576. The van der Waals surface area contributed by atoms with Gasteiger partial charge in [-0.05, 0) is 52.2 Å². The van der Waals surface area contributed by atoms with Gasteiger partial charge in [-0.2, -0.15) is 0 Å². The van der Waals surface area contributed by atoms with Crippen LogP contribution in [0.25, 0.3) is 0 Å². The summed E-state index contributed by atoms with van der Waals surface area (Å²) in [6.45, 7) is 10.1. The molecule has 0 amide bonds. The fourth-order valence-electron chi connectivity index (χ4n) is 3.78. The molecule has 0 bridgehead atoms. The number of rotatable bonds is 7. The van der Waals surface area contributed by atoms with Crippen molar-refractivity contribution in [3.8, 4) is 0 Å². The Labute approximate surface area is 120 Å². The van der Waals surface area contributed by atoms with E-state index < -0.39 is 0 Å². The second-order valence-electron chi connectivity index (χ2n) is 6.76. The number of hydrogen-bond acceptors (Lipinski definition) is 3. The molecular weight excluding hydrogens is 234 g/mol. The molecule has 0 aliphatic heterocycles. The van der Waals surface area contributed by atoms with E-state index >= 15 is 0 Å². The Kier molecular flexibility index (Phi) is 7.33. The Hall–Kier alpha value is -0.120. The minimum Gasteiger partial charge on any atom is -0.329 e. The Morgan fingerprint density at radius 3 is 2.16 bits per heavy atom. The first kappa shape index (κ1) is 16.9. The van der Waals surface area contributed by atoms with Gasteiger partial charge in [0.1, 0.15) is 0 Å². The maximum Gasteiger partial charge on any atom is 0.0249 e. The van der Waals surface area contributed by atoms with Crippen LogP contribution in [0.1, 0.15) is 46.5 Å². The lowest BCUT2D eigenvalue weighted by Gasteiger charge is -2.42. The molecule has 0 heterocycles. The van der Waals surface area contributed by atoms with Crippen molar-refractivity contribution in [3.63, 3.8) is 0 Å². The van der Waals surface area contributed by atoms with Gasteiger partial charge in [-0.25, -0.2) is 0 Å². The molecule has 0 spiro atoms. The summed E-state index contributed by atoms with van der Waals surface area (Å²) in [7, 11) is 4.31. The van der Waals surface area contributed by atoms with E-state index in [0.29, 0.717) is 12.1 Å². The summed E-state index contributed by atoms with van der Waals surface area (Å²) in [6, 6.07) is 1.17.